The lowest BCUT2D eigenvalue weighted by Crippen LogP contribution is -2.34. The fourth-order valence-electron chi connectivity index (χ4n) is 9.98. The summed E-state index contributed by atoms with van der Waals surface area (Å²) in [7, 11) is -21.5. The molecule has 470 valence electrons. The second-order valence-corrected chi connectivity index (χ2v) is 27.3. The summed E-state index contributed by atoms with van der Waals surface area (Å²) in [6, 6.07) is 17.2. The van der Waals surface area contributed by atoms with Crippen LogP contribution in [0.25, 0.3) is 0 Å². The molecule has 34 heteroatoms. The minimum absolute atomic E-state index is 0.0823. The van der Waals surface area contributed by atoms with Gasteiger partial charge in [0.1, 0.15) is 24.0 Å². The third-order valence-corrected chi connectivity index (χ3v) is 19.3. The number of carbonyl (C=O) groups excluding carboxylic acids is 2. The van der Waals surface area contributed by atoms with E-state index in [9.17, 15) is 60.9 Å². The molecule has 1 amide bonds. The number of allylic oxidation sites excluding steroid dienone is 6. The van der Waals surface area contributed by atoms with E-state index in [1.807, 2.05) is 56.4 Å². The molecular weight excluding hydrogens is 1250 g/mol. The van der Waals surface area contributed by atoms with Crippen molar-refractivity contribution >= 4 is 74.6 Å². The van der Waals surface area contributed by atoms with Gasteiger partial charge in [-0.2, -0.15) is 25.9 Å². The van der Waals surface area contributed by atoms with Gasteiger partial charge in [0.15, 0.2) is 12.3 Å². The van der Waals surface area contributed by atoms with Gasteiger partial charge in [0.05, 0.1) is 47.7 Å². The van der Waals surface area contributed by atoms with E-state index in [0.29, 0.717) is 43.5 Å². The number of rotatable bonds is 27. The van der Waals surface area contributed by atoms with Crippen molar-refractivity contribution in [3.8, 4) is 11.8 Å². The largest absolute Gasteiger partial charge is 0.691 e. The minimum Gasteiger partial charge on any atom is -0.691 e. The summed E-state index contributed by atoms with van der Waals surface area (Å²) in [6.45, 7) is 10.2. The highest BCUT2D eigenvalue weighted by atomic mass is 32.2. The molecule has 7 rings (SSSR count). The number of esters is 1. The van der Waals surface area contributed by atoms with Crippen LogP contribution in [0.3, 0.4) is 0 Å². The molecule has 87 heavy (non-hydrogen) atoms. The lowest BCUT2D eigenvalue weighted by Gasteiger charge is -2.25. The molecule has 1 saturated heterocycles. The van der Waals surface area contributed by atoms with Crippen LogP contribution in [0, 0.1) is 11.8 Å². The van der Waals surface area contributed by atoms with E-state index >= 15 is 0 Å². The summed E-state index contributed by atoms with van der Waals surface area (Å²) in [5.41, 5.74) is 3.37. The number of aromatic amines is 1. The van der Waals surface area contributed by atoms with E-state index in [-0.39, 0.29) is 42.4 Å². The van der Waals surface area contributed by atoms with Crippen LogP contribution in [-0.2, 0) is 82.8 Å². The summed E-state index contributed by atoms with van der Waals surface area (Å²) < 4.78 is 99.9. The van der Waals surface area contributed by atoms with E-state index in [2.05, 4.69) is 81.0 Å². The molecular formula is C53H63N6O23P3S2. The van der Waals surface area contributed by atoms with Gasteiger partial charge in [-0.3, -0.25) is 38.1 Å². The van der Waals surface area contributed by atoms with Crippen LogP contribution in [0.4, 0.5) is 11.4 Å². The normalized spacial score (nSPS) is 19.9. The van der Waals surface area contributed by atoms with Gasteiger partial charge in [-0.05, 0) is 94.1 Å². The molecule has 3 aliphatic rings. The highest BCUT2D eigenvalue weighted by molar-refractivity contribution is 7.94. The van der Waals surface area contributed by atoms with Gasteiger partial charge in [-0.15, -0.1) is 0 Å². The number of H-pyrrole nitrogens is 1. The quantitative estimate of drug-likeness (QED) is 0.00364. The first-order valence-electron chi connectivity index (χ1n) is 26.4. The average Bonchev–Trinajstić information content (AvgIpc) is 1.62. The van der Waals surface area contributed by atoms with Crippen LogP contribution in [0.2, 0.25) is 0 Å². The molecule has 1 aromatic heterocycles. The number of hydrogen-bond acceptors (Lipinski definition) is 21. The monoisotopic (exact) mass is 1310 g/mol. The smallest absolute Gasteiger partial charge is 0.490 e. The number of unbranched alkanes of at least 4 members (excludes halogenated alkanes) is 2. The average molecular weight is 1310 g/mol. The number of phosphoric acid groups is 3. The maximum absolute atomic E-state index is 13.1. The number of nitrogens with zero attached hydrogens (tertiary/aromatic N) is 3. The molecule has 3 aromatic carbocycles. The Balaban J connectivity index is 0.890. The Kier molecular flexibility index (Phi) is 22.5. The van der Waals surface area contributed by atoms with Crippen molar-refractivity contribution in [2.24, 2.45) is 5.90 Å². The van der Waals surface area contributed by atoms with Gasteiger partial charge in [-0.25, -0.2) is 29.2 Å². The van der Waals surface area contributed by atoms with Crippen LogP contribution in [-0.4, -0.2) is 103 Å². The number of anilines is 1. The number of nitrogens with one attached hydrogen (secondary N) is 2. The van der Waals surface area contributed by atoms with Crippen molar-refractivity contribution < 1.29 is 102 Å². The SMILES string of the molecule is CCN1/C(=C/C=C/C=C/C2=[N+](Cc3ccc(C(=O)OCCCCCC(=O)NCC#Cc4cn([C@H]5C[C@@H](ON)[C@@H](COP(=O)(O)OP(=O)(O)OP(=O)(O)O)O5)c(=O)[nH]c4=O)cc3)c3ccc(S(=O)(=O)O)cc3C2(C)C)C(C)(C)c2cc(SOO[O-])ccc21. The Morgan fingerprint density at radius 1 is 0.954 bits per heavy atom. The standard InChI is InChI=1S/C53H63N6O23P3S2/c1-6-57-41-24-22-37(86-80-79-64)28-39(41)52(2,3)45(57)15-9-7-10-16-46-53(4,5)40-29-38(87(72,73)74)23-25-42(40)58(46)31-34-18-20-35(21-19-34)50(62)75-27-12-8-11-17-47(60)55-26-13-14-36-32-59(51(63)56-49(36)61)48-30-43(78-54)44(77-48)33-76-84(68,69)82-85(70,71)81-83(65,66)67/h7,9-10,15-16,18-25,28-29,32,43-44,48H,6,8,11-12,17,26-27,30-31,33,54H2,1-5H3,(H7-,55,56,60,61,63,64,65,66,67,68,69,70,71,72,73,74)/t43-,44-,48-/m1/s1. The van der Waals surface area contributed by atoms with Crippen LogP contribution in [0.5, 0.6) is 0 Å². The van der Waals surface area contributed by atoms with E-state index in [1.54, 1.807) is 30.3 Å². The first-order valence-corrected chi connectivity index (χ1v) is 33.1. The number of amides is 1. The number of benzene rings is 3. The number of hydrogen-bond donors (Lipinski definition) is 8. The van der Waals surface area contributed by atoms with E-state index in [4.69, 9.17) is 30.0 Å². The van der Waals surface area contributed by atoms with Gasteiger partial charge >= 0.3 is 35.1 Å². The van der Waals surface area contributed by atoms with Gasteiger partial charge in [0, 0.05) is 70.5 Å². The number of likely N-dealkylation sites (N-methyl/N-ethyl adjacent to an activating group) is 1. The zero-order valence-electron chi connectivity index (χ0n) is 47.2. The fourth-order valence-corrected chi connectivity index (χ4v) is 13.9. The summed E-state index contributed by atoms with van der Waals surface area (Å²) in [5, 5.41) is 16.6. The first kappa shape index (κ1) is 68.5. The Bertz CT molecular complexity index is 3830. The Morgan fingerprint density at radius 3 is 2.37 bits per heavy atom. The Labute approximate surface area is 502 Å². The van der Waals surface area contributed by atoms with Crippen molar-refractivity contribution in [3.05, 3.63) is 152 Å². The number of fused-ring (bicyclic) bond motifs is 2. The molecule has 9 N–H and O–H groups in total. The van der Waals surface area contributed by atoms with Crippen molar-refractivity contribution in [3.63, 3.8) is 0 Å². The van der Waals surface area contributed by atoms with Crippen LogP contribution >= 0.6 is 35.5 Å². The van der Waals surface area contributed by atoms with Crippen molar-refractivity contribution in [1.82, 2.24) is 14.9 Å². The van der Waals surface area contributed by atoms with Crippen molar-refractivity contribution in [2.45, 2.75) is 112 Å². The summed E-state index contributed by atoms with van der Waals surface area (Å²) in [4.78, 5) is 97.1. The van der Waals surface area contributed by atoms with Crippen molar-refractivity contribution in [2.75, 3.05) is 31.2 Å². The van der Waals surface area contributed by atoms with Crippen LogP contribution < -0.4 is 32.6 Å². The highest BCUT2D eigenvalue weighted by Crippen LogP contribution is 2.66. The molecule has 3 aliphatic heterocycles. The summed E-state index contributed by atoms with van der Waals surface area (Å²) in [5.74, 6) is 9.56. The van der Waals surface area contributed by atoms with E-state index in [0.717, 1.165) is 61.6 Å². The summed E-state index contributed by atoms with van der Waals surface area (Å²) >= 11 is 0.835. The number of ether oxygens (including phenoxy) is 2. The lowest BCUT2D eigenvalue weighted by molar-refractivity contribution is -0.777. The topological polar surface area (TPSA) is 417 Å². The third-order valence-electron chi connectivity index (χ3n) is 14.1. The zero-order chi connectivity index (χ0) is 63.7. The lowest BCUT2D eigenvalue weighted by atomic mass is 9.81. The van der Waals surface area contributed by atoms with Gasteiger partial charge in [0.2, 0.25) is 11.6 Å². The Hall–Kier alpha value is -6.04. The van der Waals surface area contributed by atoms with Crippen LogP contribution in [0.1, 0.15) is 106 Å². The Morgan fingerprint density at radius 2 is 1.69 bits per heavy atom. The number of aromatic nitrogens is 2. The zero-order valence-corrected chi connectivity index (χ0v) is 51.5. The van der Waals surface area contributed by atoms with Gasteiger partial charge in [0.25, 0.3) is 15.7 Å². The van der Waals surface area contributed by atoms with Crippen LogP contribution in [0.15, 0.2) is 122 Å². The van der Waals surface area contributed by atoms with Crippen molar-refractivity contribution in [1.29, 1.82) is 0 Å². The molecule has 4 heterocycles. The molecule has 0 aliphatic carbocycles. The molecule has 0 spiro atoms. The number of carbonyl (C=O) groups is 2. The molecule has 29 nitrogen and oxygen atoms in total. The molecule has 2 unspecified atom stereocenters. The predicted octanol–water partition coefficient (Wildman–Crippen LogP) is 5.18. The molecule has 0 radical (unpaired) electrons. The van der Waals surface area contributed by atoms with Gasteiger partial charge < -0.3 is 44.5 Å². The molecule has 1 fully saturated rings. The second kappa shape index (κ2) is 28.6. The maximum Gasteiger partial charge on any atom is 0.490 e. The van der Waals surface area contributed by atoms with E-state index in [1.165, 1.54) is 12.1 Å². The number of phosphoric ester groups is 1. The molecule has 0 saturated carbocycles. The second-order valence-electron chi connectivity index (χ2n) is 20.7. The molecule has 5 atom stereocenters. The predicted molar refractivity (Wildman–Crippen MR) is 309 cm³/mol. The minimum atomic E-state index is -5.81. The first-order chi connectivity index (χ1) is 40.9. The molecule has 4 aromatic rings. The number of nitrogens with two attached hydrogens (primary N) is 1. The molecule has 0 bridgehead atoms. The summed E-state index contributed by atoms with van der Waals surface area (Å²) in [6.07, 6.45) is 8.39. The van der Waals surface area contributed by atoms with Gasteiger partial charge in [-0.1, -0.05) is 56.0 Å². The maximum atomic E-state index is 13.1. The highest BCUT2D eigenvalue weighted by Gasteiger charge is 2.46. The fraction of sp³-hybridized carbons (Fsp3) is 0.377. The third kappa shape index (κ3) is 17.6. The van der Waals surface area contributed by atoms with E-state index < -0.39 is 86.7 Å².